The molecule has 0 radical (unpaired) electrons. The van der Waals surface area contributed by atoms with Crippen LogP contribution in [-0.4, -0.2) is 38.7 Å². The van der Waals surface area contributed by atoms with Gasteiger partial charge in [0.1, 0.15) is 5.02 Å². The summed E-state index contributed by atoms with van der Waals surface area (Å²) in [5, 5.41) is 0.0305. The van der Waals surface area contributed by atoms with E-state index < -0.39 is 9.84 Å². The first kappa shape index (κ1) is 12.9. The zero-order valence-corrected chi connectivity index (χ0v) is 10.8. The lowest BCUT2D eigenvalue weighted by atomic mass is 10.4. The van der Waals surface area contributed by atoms with Gasteiger partial charge >= 0.3 is 0 Å². The van der Waals surface area contributed by atoms with Gasteiger partial charge in [0.25, 0.3) is 0 Å². The summed E-state index contributed by atoms with van der Waals surface area (Å²) in [4.78, 5) is 9.34. The van der Waals surface area contributed by atoms with Crippen molar-refractivity contribution >= 4 is 33.3 Å². The van der Waals surface area contributed by atoms with E-state index in [1.54, 1.807) is 19.0 Å². The van der Waals surface area contributed by atoms with Crippen LogP contribution in [0.25, 0.3) is 6.08 Å². The molecule has 1 aromatic heterocycles. The van der Waals surface area contributed by atoms with Crippen LogP contribution in [0.4, 0.5) is 5.82 Å². The van der Waals surface area contributed by atoms with Crippen LogP contribution in [0.5, 0.6) is 0 Å². The molecule has 0 unspecified atom stereocenters. The average Bonchev–Trinajstić information content (AvgIpc) is 2.15. The molecule has 0 aromatic carbocycles. The number of hydrogen-bond donors (Lipinski definition) is 0. The standard InChI is InChI=1S/C9H12ClN3O2S/c1-5-6-7(10)8(13(2)3)12-9(11-6)16(4,14)15/h5H,1H2,2-4H3. The lowest BCUT2D eigenvalue weighted by Gasteiger charge is -2.14. The maximum absolute atomic E-state index is 11.4. The fourth-order valence-corrected chi connectivity index (χ4v) is 1.88. The monoisotopic (exact) mass is 261 g/mol. The van der Waals surface area contributed by atoms with Crippen molar-refractivity contribution < 1.29 is 8.42 Å². The molecule has 0 aliphatic rings. The minimum absolute atomic E-state index is 0.254. The van der Waals surface area contributed by atoms with E-state index in [0.717, 1.165) is 6.26 Å². The van der Waals surface area contributed by atoms with Crippen LogP contribution >= 0.6 is 11.6 Å². The molecule has 0 aliphatic carbocycles. The molecular weight excluding hydrogens is 250 g/mol. The Hall–Kier alpha value is -1.14. The summed E-state index contributed by atoms with van der Waals surface area (Å²) < 4.78 is 22.7. The van der Waals surface area contributed by atoms with Gasteiger partial charge in [-0.2, -0.15) is 4.98 Å². The summed E-state index contributed by atoms with van der Waals surface area (Å²) >= 11 is 5.99. The molecule has 0 N–H and O–H groups in total. The Morgan fingerprint density at radius 2 is 1.94 bits per heavy atom. The highest BCUT2D eigenvalue weighted by Crippen LogP contribution is 2.26. The van der Waals surface area contributed by atoms with Gasteiger partial charge in [-0.25, -0.2) is 13.4 Å². The summed E-state index contributed by atoms with van der Waals surface area (Å²) in [7, 11) is -0.0327. The topological polar surface area (TPSA) is 63.2 Å². The largest absolute Gasteiger partial charge is 0.361 e. The molecule has 0 saturated carbocycles. The highest BCUT2D eigenvalue weighted by molar-refractivity contribution is 7.90. The van der Waals surface area contributed by atoms with E-state index in [4.69, 9.17) is 11.6 Å². The van der Waals surface area contributed by atoms with Crippen LogP contribution in [0.2, 0.25) is 5.02 Å². The fourth-order valence-electron chi connectivity index (χ4n) is 1.03. The molecule has 1 aromatic rings. The molecule has 1 heterocycles. The number of aromatic nitrogens is 2. The van der Waals surface area contributed by atoms with Crippen LogP contribution in [0.3, 0.4) is 0 Å². The molecule has 0 aliphatic heterocycles. The SMILES string of the molecule is C=Cc1nc(S(C)(=O)=O)nc(N(C)C)c1Cl. The number of rotatable bonds is 3. The number of anilines is 1. The first-order valence-electron chi connectivity index (χ1n) is 4.34. The van der Waals surface area contributed by atoms with Crippen LogP contribution in [0, 0.1) is 0 Å². The van der Waals surface area contributed by atoms with Crippen molar-refractivity contribution in [3.8, 4) is 0 Å². The second-order valence-electron chi connectivity index (χ2n) is 3.40. The van der Waals surface area contributed by atoms with Crippen LogP contribution in [0.1, 0.15) is 5.69 Å². The molecule has 7 heteroatoms. The van der Waals surface area contributed by atoms with Crippen molar-refractivity contribution in [2.45, 2.75) is 5.16 Å². The lowest BCUT2D eigenvalue weighted by molar-refractivity contribution is 0.592. The zero-order valence-electron chi connectivity index (χ0n) is 9.23. The second-order valence-corrected chi connectivity index (χ2v) is 5.69. The molecule has 5 nitrogen and oxygen atoms in total. The molecule has 88 valence electrons. The van der Waals surface area contributed by atoms with E-state index in [-0.39, 0.29) is 10.2 Å². The van der Waals surface area contributed by atoms with Crippen molar-refractivity contribution in [3.05, 3.63) is 17.3 Å². The third-order valence-corrected chi connectivity index (χ3v) is 3.00. The Morgan fingerprint density at radius 1 is 1.38 bits per heavy atom. The van der Waals surface area contributed by atoms with E-state index >= 15 is 0 Å². The Balaban J connectivity index is 3.59. The molecular formula is C9H12ClN3O2S. The molecule has 0 saturated heterocycles. The molecule has 0 bridgehead atoms. The van der Waals surface area contributed by atoms with Gasteiger partial charge in [0.15, 0.2) is 5.82 Å². The Morgan fingerprint density at radius 3 is 2.31 bits per heavy atom. The van der Waals surface area contributed by atoms with Crippen LogP contribution in [0.15, 0.2) is 11.7 Å². The maximum Gasteiger partial charge on any atom is 0.249 e. The Bertz CT molecular complexity index is 526. The van der Waals surface area contributed by atoms with Crippen molar-refractivity contribution in [3.63, 3.8) is 0 Å². The quantitative estimate of drug-likeness (QED) is 0.766. The number of halogens is 1. The van der Waals surface area contributed by atoms with Gasteiger partial charge in [-0.05, 0) is 6.08 Å². The van der Waals surface area contributed by atoms with Gasteiger partial charge in [0.2, 0.25) is 15.0 Å². The predicted octanol–water partition coefficient (Wildman–Crippen LogP) is 1.24. The second kappa shape index (κ2) is 4.39. The van der Waals surface area contributed by atoms with Crippen molar-refractivity contribution in [1.29, 1.82) is 0 Å². The van der Waals surface area contributed by atoms with Crippen LogP contribution in [-0.2, 0) is 9.84 Å². The number of sulfone groups is 1. The lowest BCUT2D eigenvalue weighted by Crippen LogP contribution is -2.15. The maximum atomic E-state index is 11.4. The molecule has 16 heavy (non-hydrogen) atoms. The average molecular weight is 262 g/mol. The smallest absolute Gasteiger partial charge is 0.249 e. The van der Waals surface area contributed by atoms with Crippen LogP contribution < -0.4 is 4.90 Å². The minimum atomic E-state index is -3.46. The first-order valence-corrected chi connectivity index (χ1v) is 6.61. The van der Waals surface area contributed by atoms with E-state index in [1.165, 1.54) is 6.08 Å². The number of nitrogens with zero attached hydrogens (tertiary/aromatic N) is 3. The summed E-state index contributed by atoms with van der Waals surface area (Å²) in [6, 6.07) is 0. The third-order valence-electron chi connectivity index (χ3n) is 1.79. The fraction of sp³-hybridized carbons (Fsp3) is 0.333. The van der Waals surface area contributed by atoms with E-state index in [0.29, 0.717) is 11.5 Å². The predicted molar refractivity (Wildman–Crippen MR) is 64.6 cm³/mol. The molecule has 1 rings (SSSR count). The van der Waals surface area contributed by atoms with Crippen molar-refractivity contribution in [2.24, 2.45) is 0 Å². The van der Waals surface area contributed by atoms with Crippen molar-refractivity contribution in [2.75, 3.05) is 25.3 Å². The normalized spacial score (nSPS) is 11.2. The molecule has 0 fully saturated rings. The van der Waals surface area contributed by atoms with E-state index in [9.17, 15) is 8.42 Å². The van der Waals surface area contributed by atoms with Gasteiger partial charge in [-0.15, -0.1) is 0 Å². The zero-order chi connectivity index (χ0) is 12.5. The highest BCUT2D eigenvalue weighted by atomic mass is 35.5. The molecule has 0 spiro atoms. The first-order chi connectivity index (χ1) is 7.27. The van der Waals surface area contributed by atoms with Gasteiger partial charge in [0.05, 0.1) is 5.69 Å². The molecule has 0 atom stereocenters. The summed E-state index contributed by atoms with van der Waals surface area (Å²) in [5.41, 5.74) is 0.306. The minimum Gasteiger partial charge on any atom is -0.361 e. The van der Waals surface area contributed by atoms with Gasteiger partial charge in [-0.3, -0.25) is 0 Å². The third kappa shape index (κ3) is 2.51. The Labute approximate surface area is 99.7 Å². The number of hydrogen-bond acceptors (Lipinski definition) is 5. The van der Waals surface area contributed by atoms with Crippen molar-refractivity contribution in [1.82, 2.24) is 9.97 Å². The van der Waals surface area contributed by atoms with E-state index in [2.05, 4.69) is 16.5 Å². The Kier molecular flexibility index (Phi) is 3.54. The molecule has 0 amide bonds. The van der Waals surface area contributed by atoms with Gasteiger partial charge in [-0.1, -0.05) is 18.2 Å². The highest BCUT2D eigenvalue weighted by Gasteiger charge is 2.18. The summed E-state index contributed by atoms with van der Waals surface area (Å²) in [6.07, 6.45) is 2.44. The summed E-state index contributed by atoms with van der Waals surface area (Å²) in [6.45, 7) is 3.53. The van der Waals surface area contributed by atoms with Gasteiger partial charge in [0, 0.05) is 20.4 Å². The van der Waals surface area contributed by atoms with Gasteiger partial charge < -0.3 is 4.90 Å². The summed E-state index contributed by atoms with van der Waals surface area (Å²) in [5.74, 6) is 0.354. The van der Waals surface area contributed by atoms with E-state index in [1.807, 2.05) is 0 Å².